The summed E-state index contributed by atoms with van der Waals surface area (Å²) >= 11 is 0. The van der Waals surface area contributed by atoms with Crippen molar-refractivity contribution in [3.63, 3.8) is 0 Å². The highest BCUT2D eigenvalue weighted by molar-refractivity contribution is 5.96. The van der Waals surface area contributed by atoms with E-state index < -0.39 is 63.1 Å². The molecule has 3 aliphatic carbocycles. The molecule has 1 amide bonds. The fourth-order valence-electron chi connectivity index (χ4n) is 9.66. The third-order valence-corrected chi connectivity index (χ3v) is 11.2. The highest BCUT2D eigenvalue weighted by Gasteiger charge is 2.92. The molecule has 190 valence electrons. The van der Waals surface area contributed by atoms with E-state index in [-0.39, 0.29) is 17.9 Å². The van der Waals surface area contributed by atoms with Crippen LogP contribution >= 0.6 is 0 Å². The van der Waals surface area contributed by atoms with E-state index in [4.69, 9.17) is 14.2 Å². The van der Waals surface area contributed by atoms with Crippen molar-refractivity contribution in [2.75, 3.05) is 6.54 Å². The van der Waals surface area contributed by atoms with E-state index in [0.717, 1.165) is 0 Å². The van der Waals surface area contributed by atoms with Gasteiger partial charge < -0.3 is 40.0 Å². The molecular formula is C25H31NO9. The molecule has 5 fully saturated rings. The smallest absolute Gasteiger partial charge is 0.339 e. The Morgan fingerprint density at radius 2 is 1.77 bits per heavy atom. The quantitative estimate of drug-likeness (QED) is 0.178. The van der Waals surface area contributed by atoms with Crippen molar-refractivity contribution >= 4 is 11.9 Å². The second kappa shape index (κ2) is 5.69. The van der Waals surface area contributed by atoms with E-state index in [1.165, 1.54) is 26.0 Å². The maximum Gasteiger partial charge on any atom is 0.339 e. The number of carbonyl (C=O) groups excluding carboxylic acids is 2. The molecule has 10 nitrogen and oxygen atoms in total. The summed E-state index contributed by atoms with van der Waals surface area (Å²) in [4.78, 5) is 25.1. The van der Waals surface area contributed by atoms with Crippen LogP contribution in [0.15, 0.2) is 23.8 Å². The van der Waals surface area contributed by atoms with Gasteiger partial charge in [-0.2, -0.15) is 0 Å². The first-order valence-electron chi connectivity index (χ1n) is 12.3. The lowest BCUT2D eigenvalue weighted by Crippen LogP contribution is -2.77. The summed E-state index contributed by atoms with van der Waals surface area (Å²) in [5.74, 6) is -4.37. The van der Waals surface area contributed by atoms with Crippen LogP contribution in [0.25, 0.3) is 0 Å². The highest BCUT2D eigenvalue weighted by atomic mass is 16.7. The van der Waals surface area contributed by atoms with E-state index in [1.54, 1.807) is 6.92 Å². The number of nitrogens with one attached hydrogen (secondary N) is 1. The third kappa shape index (κ3) is 1.90. The molecule has 2 saturated carbocycles. The van der Waals surface area contributed by atoms with Gasteiger partial charge in [0.1, 0.15) is 11.2 Å². The van der Waals surface area contributed by atoms with Gasteiger partial charge in [0, 0.05) is 29.4 Å². The van der Waals surface area contributed by atoms with Crippen LogP contribution in [0.4, 0.5) is 0 Å². The van der Waals surface area contributed by atoms with Gasteiger partial charge in [-0.1, -0.05) is 19.9 Å². The van der Waals surface area contributed by atoms with Crippen molar-refractivity contribution in [2.24, 2.45) is 22.7 Å². The van der Waals surface area contributed by atoms with E-state index in [0.29, 0.717) is 25.0 Å². The topological polar surface area (TPSA) is 158 Å². The zero-order chi connectivity index (χ0) is 25.2. The summed E-state index contributed by atoms with van der Waals surface area (Å²) in [6.07, 6.45) is 2.42. The first-order valence-corrected chi connectivity index (χ1v) is 12.3. The number of hydrogen-bond donors (Lipinski definition) is 5. The normalized spacial score (nSPS) is 63.4. The number of epoxide rings is 1. The van der Waals surface area contributed by atoms with Gasteiger partial charge in [0.05, 0.1) is 17.6 Å². The Hall–Kier alpha value is -1.82. The minimum atomic E-state index is -2.30. The number of esters is 1. The molecule has 7 rings (SSSR count). The summed E-state index contributed by atoms with van der Waals surface area (Å²) in [5, 5.41) is 50.2. The highest BCUT2D eigenvalue weighted by Crippen LogP contribution is 2.79. The number of ether oxygens (including phenoxy) is 3. The Morgan fingerprint density at radius 1 is 1.06 bits per heavy atom. The van der Waals surface area contributed by atoms with Crippen molar-refractivity contribution in [2.45, 2.75) is 87.0 Å². The molecule has 10 heteroatoms. The summed E-state index contributed by atoms with van der Waals surface area (Å²) in [7, 11) is 0. The van der Waals surface area contributed by atoms with Crippen LogP contribution in [-0.4, -0.2) is 85.4 Å². The Kier molecular flexibility index (Phi) is 3.64. The second-order valence-corrected chi connectivity index (χ2v) is 12.3. The Morgan fingerprint density at radius 3 is 2.43 bits per heavy atom. The predicted octanol–water partition coefficient (Wildman–Crippen LogP) is -0.952. The molecule has 4 aliphatic heterocycles. The van der Waals surface area contributed by atoms with Crippen LogP contribution in [0, 0.1) is 22.7 Å². The van der Waals surface area contributed by atoms with Gasteiger partial charge in [0.2, 0.25) is 5.91 Å². The maximum absolute atomic E-state index is 12.6. The SMILES string of the molecule is C[C@]12[C@H]3[C@@H](C[C@@]4(C)[C@H](C5=CCNC5=O)C[C@H]5O[C@]54[C@]3(C)O)O[C@@]1(O)C=C[C@]1(C)OC(=O)[C@H](O)[C@]21O. The summed E-state index contributed by atoms with van der Waals surface area (Å²) in [6, 6.07) is 0. The number of aliphatic hydroxyl groups excluding tert-OH is 1. The lowest BCUT2D eigenvalue weighted by atomic mass is 9.43. The second-order valence-electron chi connectivity index (χ2n) is 12.3. The molecule has 0 aromatic carbocycles. The largest absolute Gasteiger partial charge is 0.450 e. The van der Waals surface area contributed by atoms with Crippen molar-refractivity contribution in [3.05, 3.63) is 23.8 Å². The zero-order valence-corrected chi connectivity index (χ0v) is 20.1. The number of rotatable bonds is 1. The van der Waals surface area contributed by atoms with E-state index in [9.17, 15) is 30.0 Å². The van der Waals surface area contributed by atoms with Crippen LogP contribution in [0.1, 0.15) is 40.5 Å². The number of amides is 1. The predicted molar refractivity (Wildman–Crippen MR) is 116 cm³/mol. The molecular weight excluding hydrogens is 458 g/mol. The number of fused-ring (bicyclic) bond motifs is 5. The lowest BCUT2D eigenvalue weighted by Gasteiger charge is -2.61. The molecule has 1 spiro atoms. The van der Waals surface area contributed by atoms with E-state index >= 15 is 0 Å². The van der Waals surface area contributed by atoms with Gasteiger partial charge in [0.25, 0.3) is 0 Å². The van der Waals surface area contributed by atoms with Gasteiger partial charge in [-0.25, -0.2) is 4.79 Å². The third-order valence-electron chi connectivity index (χ3n) is 11.2. The van der Waals surface area contributed by atoms with Crippen molar-refractivity contribution in [1.82, 2.24) is 5.32 Å². The van der Waals surface area contributed by atoms with Crippen LogP contribution in [0.5, 0.6) is 0 Å². The maximum atomic E-state index is 12.6. The fraction of sp³-hybridized carbons (Fsp3) is 0.760. The first kappa shape index (κ1) is 22.4. The average Bonchev–Trinajstić information content (AvgIpc) is 3.08. The molecule has 0 radical (unpaired) electrons. The van der Waals surface area contributed by atoms with Crippen LogP contribution in [0.2, 0.25) is 0 Å². The minimum absolute atomic E-state index is 0.126. The molecule has 3 saturated heterocycles. The van der Waals surface area contributed by atoms with Gasteiger partial charge in [0.15, 0.2) is 23.1 Å². The number of carbonyl (C=O) groups is 2. The number of hydrogen-bond acceptors (Lipinski definition) is 9. The molecule has 0 aromatic rings. The molecule has 0 unspecified atom stereocenters. The van der Waals surface area contributed by atoms with E-state index in [1.807, 2.05) is 13.0 Å². The van der Waals surface area contributed by atoms with Gasteiger partial charge in [-0.3, -0.25) is 4.79 Å². The van der Waals surface area contributed by atoms with Gasteiger partial charge >= 0.3 is 5.97 Å². The molecule has 35 heavy (non-hydrogen) atoms. The van der Waals surface area contributed by atoms with Crippen molar-refractivity contribution in [3.8, 4) is 0 Å². The summed E-state index contributed by atoms with van der Waals surface area (Å²) in [6.45, 7) is 7.08. The fourth-order valence-corrected chi connectivity index (χ4v) is 9.66. The first-order chi connectivity index (χ1) is 16.1. The lowest BCUT2D eigenvalue weighted by molar-refractivity contribution is -0.300. The summed E-state index contributed by atoms with van der Waals surface area (Å²) in [5.41, 5.74) is -8.45. The average molecular weight is 490 g/mol. The minimum Gasteiger partial charge on any atom is -0.450 e. The van der Waals surface area contributed by atoms with Crippen LogP contribution < -0.4 is 5.32 Å². The molecule has 0 aromatic heterocycles. The van der Waals surface area contributed by atoms with Gasteiger partial charge in [-0.05, 0) is 38.8 Å². The van der Waals surface area contributed by atoms with E-state index in [2.05, 4.69) is 5.32 Å². The molecule has 0 bridgehead atoms. The monoisotopic (exact) mass is 489 g/mol. The molecule has 7 aliphatic rings. The van der Waals surface area contributed by atoms with Crippen LogP contribution in [-0.2, 0) is 23.8 Å². The Balaban J connectivity index is 1.41. The van der Waals surface area contributed by atoms with Crippen molar-refractivity contribution in [1.29, 1.82) is 0 Å². The molecule has 5 N–H and O–H groups in total. The standard InChI is InChI=1S/C25H31NO9/c1-19-10-13-15(22(4,30)25(19)14(34-25)9-12(19)11-5-8-26-17(11)28)21(3)23(31,33-13)7-6-20(2)24(21,32)16(27)18(29)35-20/h5-7,12-16,27,30-32H,8-10H2,1-4H3,(H,26,28)/t12-,13+,14+,15+,16-,19-,20-,21-,22+,23-,24+,25+/m0/s1. The Bertz CT molecular complexity index is 1170. The zero-order valence-electron chi connectivity index (χ0n) is 20.1. The van der Waals surface area contributed by atoms with Crippen LogP contribution in [0.3, 0.4) is 0 Å². The molecule has 4 heterocycles. The Labute approximate surface area is 201 Å². The molecule has 12 atom stereocenters. The van der Waals surface area contributed by atoms with Gasteiger partial charge in [-0.15, -0.1) is 0 Å². The number of aliphatic hydroxyl groups is 4. The van der Waals surface area contributed by atoms with Crippen molar-refractivity contribution < 1.29 is 44.2 Å². The summed E-state index contributed by atoms with van der Waals surface area (Å²) < 4.78 is 17.9.